The van der Waals surface area contributed by atoms with Crippen molar-refractivity contribution in [1.29, 1.82) is 0 Å². The Hall–Kier alpha value is -2.57. The molecule has 2 aromatic carbocycles. The van der Waals surface area contributed by atoms with E-state index in [9.17, 15) is 14.7 Å². The molecule has 0 bridgehead atoms. The smallest absolute Gasteiger partial charge is 0.339 e. The third-order valence-electron chi connectivity index (χ3n) is 5.28. The fourth-order valence-electron chi connectivity index (χ4n) is 3.57. The monoisotopic (exact) mass is 430 g/mol. The summed E-state index contributed by atoms with van der Waals surface area (Å²) in [6.45, 7) is 7.38. The van der Waals surface area contributed by atoms with Gasteiger partial charge in [0.15, 0.2) is 6.61 Å². The predicted octanol–water partition coefficient (Wildman–Crippen LogP) is 3.88. The summed E-state index contributed by atoms with van der Waals surface area (Å²) in [6, 6.07) is 12.8. The molecule has 1 saturated heterocycles. The lowest BCUT2D eigenvalue weighted by Crippen LogP contribution is -2.49. The van der Waals surface area contributed by atoms with Crippen LogP contribution in [-0.4, -0.2) is 59.6 Å². The number of amides is 1. The summed E-state index contributed by atoms with van der Waals surface area (Å²) in [4.78, 5) is 28.3. The fourth-order valence-corrected chi connectivity index (χ4v) is 3.69. The molecule has 3 rings (SSSR count). The van der Waals surface area contributed by atoms with Crippen LogP contribution in [0.1, 0.15) is 41.3 Å². The summed E-state index contributed by atoms with van der Waals surface area (Å²) in [5, 5.41) is 10.2. The maximum atomic E-state index is 12.7. The number of carboxylic acids is 1. The molecule has 1 N–H and O–H groups in total. The second kappa shape index (κ2) is 9.96. The highest BCUT2D eigenvalue weighted by molar-refractivity contribution is 6.30. The van der Waals surface area contributed by atoms with Crippen LogP contribution in [0, 0.1) is 0 Å². The van der Waals surface area contributed by atoms with Gasteiger partial charge in [0.2, 0.25) is 0 Å². The van der Waals surface area contributed by atoms with Crippen molar-refractivity contribution < 1.29 is 19.4 Å². The molecule has 0 aromatic heterocycles. The summed E-state index contributed by atoms with van der Waals surface area (Å²) < 4.78 is 5.74. The van der Waals surface area contributed by atoms with Gasteiger partial charge in [-0.15, -0.1) is 0 Å². The number of rotatable bonds is 7. The maximum absolute atomic E-state index is 12.7. The minimum Gasteiger partial charge on any atom is -0.483 e. The zero-order valence-electron chi connectivity index (χ0n) is 17.3. The molecule has 1 aliphatic heterocycles. The van der Waals surface area contributed by atoms with Gasteiger partial charge >= 0.3 is 5.97 Å². The van der Waals surface area contributed by atoms with E-state index < -0.39 is 5.97 Å². The van der Waals surface area contributed by atoms with E-state index in [1.807, 2.05) is 44.2 Å². The van der Waals surface area contributed by atoms with Crippen molar-refractivity contribution in [2.45, 2.75) is 26.3 Å². The van der Waals surface area contributed by atoms with Gasteiger partial charge < -0.3 is 14.7 Å². The van der Waals surface area contributed by atoms with Crippen molar-refractivity contribution in [3.05, 3.63) is 64.2 Å². The maximum Gasteiger partial charge on any atom is 0.339 e. The van der Waals surface area contributed by atoms with E-state index in [4.69, 9.17) is 16.3 Å². The van der Waals surface area contributed by atoms with Crippen molar-refractivity contribution in [3.63, 3.8) is 0 Å². The third-order valence-corrected chi connectivity index (χ3v) is 5.53. The van der Waals surface area contributed by atoms with Gasteiger partial charge in [0, 0.05) is 37.7 Å². The number of aromatic carboxylic acids is 1. The van der Waals surface area contributed by atoms with Gasteiger partial charge in [0.25, 0.3) is 5.91 Å². The number of benzene rings is 2. The van der Waals surface area contributed by atoms with Crippen LogP contribution in [0.4, 0.5) is 0 Å². The molecule has 0 aliphatic carbocycles. The van der Waals surface area contributed by atoms with Crippen molar-refractivity contribution in [2.24, 2.45) is 0 Å². The number of carbonyl (C=O) groups is 2. The lowest BCUT2D eigenvalue weighted by Gasteiger charge is -2.34. The topological polar surface area (TPSA) is 70.1 Å². The molecule has 0 unspecified atom stereocenters. The molecular weight excluding hydrogens is 404 g/mol. The van der Waals surface area contributed by atoms with E-state index in [0.29, 0.717) is 13.1 Å². The van der Waals surface area contributed by atoms with Crippen molar-refractivity contribution in [3.8, 4) is 5.75 Å². The van der Waals surface area contributed by atoms with Gasteiger partial charge in [-0.2, -0.15) is 0 Å². The normalized spacial score (nSPS) is 14.7. The highest BCUT2D eigenvalue weighted by Crippen LogP contribution is 2.30. The molecule has 0 saturated carbocycles. The first kappa shape index (κ1) is 22.1. The number of halogens is 1. The summed E-state index contributed by atoms with van der Waals surface area (Å²) >= 11 is 5.93. The fraction of sp³-hybridized carbons (Fsp3) is 0.391. The molecule has 1 heterocycles. The van der Waals surface area contributed by atoms with Crippen LogP contribution < -0.4 is 4.74 Å². The number of nitrogens with zero attached hydrogens (tertiary/aromatic N) is 2. The average molecular weight is 431 g/mol. The molecule has 1 amide bonds. The lowest BCUT2D eigenvalue weighted by molar-refractivity contribution is -0.135. The first-order valence-electron chi connectivity index (χ1n) is 10.1. The molecule has 160 valence electrons. The Labute approximate surface area is 182 Å². The lowest BCUT2D eigenvalue weighted by atomic mass is 9.99. The number of hydrogen-bond donors (Lipinski definition) is 1. The zero-order chi connectivity index (χ0) is 21.7. The van der Waals surface area contributed by atoms with Gasteiger partial charge in [-0.25, -0.2) is 4.79 Å². The first-order chi connectivity index (χ1) is 14.3. The second-order valence-electron chi connectivity index (χ2n) is 7.76. The van der Waals surface area contributed by atoms with Crippen LogP contribution in [-0.2, 0) is 11.3 Å². The number of carboxylic acid groups (broad SMARTS) is 1. The zero-order valence-corrected chi connectivity index (χ0v) is 18.1. The molecule has 7 heteroatoms. The van der Waals surface area contributed by atoms with Crippen molar-refractivity contribution in [1.82, 2.24) is 9.80 Å². The van der Waals surface area contributed by atoms with Gasteiger partial charge in [-0.05, 0) is 35.2 Å². The minimum atomic E-state index is -1.06. The number of carbonyl (C=O) groups excluding carboxylic acids is 1. The molecule has 0 atom stereocenters. The van der Waals surface area contributed by atoms with Crippen LogP contribution >= 0.6 is 11.6 Å². The van der Waals surface area contributed by atoms with E-state index in [0.717, 1.165) is 30.2 Å². The van der Waals surface area contributed by atoms with E-state index >= 15 is 0 Å². The highest BCUT2D eigenvalue weighted by Gasteiger charge is 2.23. The van der Waals surface area contributed by atoms with Gasteiger partial charge in [-0.3, -0.25) is 9.69 Å². The molecule has 1 fully saturated rings. The molecular formula is C23H27ClN2O4. The van der Waals surface area contributed by atoms with Crippen LogP contribution in [0.3, 0.4) is 0 Å². The summed E-state index contributed by atoms with van der Waals surface area (Å²) in [5.41, 5.74) is 2.06. The Morgan fingerprint density at radius 1 is 1.07 bits per heavy atom. The molecule has 2 aromatic rings. The molecule has 0 radical (unpaired) electrons. The number of hydrogen-bond acceptors (Lipinski definition) is 4. The Balaban J connectivity index is 1.55. The standard InChI is InChI=1S/C23H27ClN2O4/c1-16(2)19-4-3-5-20(23(28)29)22(19)30-15-21(27)26-12-10-25(11-13-26)14-17-6-8-18(24)9-7-17/h3-9,16H,10-15H2,1-2H3,(H,28,29). The first-order valence-corrected chi connectivity index (χ1v) is 10.5. The average Bonchev–Trinajstić information content (AvgIpc) is 2.73. The van der Waals surface area contributed by atoms with Crippen LogP contribution in [0.2, 0.25) is 5.02 Å². The molecule has 6 nitrogen and oxygen atoms in total. The van der Waals surface area contributed by atoms with Crippen molar-refractivity contribution >= 4 is 23.5 Å². The van der Waals surface area contributed by atoms with E-state index in [2.05, 4.69) is 4.90 Å². The highest BCUT2D eigenvalue weighted by atomic mass is 35.5. The molecule has 0 spiro atoms. The van der Waals surface area contributed by atoms with E-state index in [-0.39, 0.29) is 29.7 Å². The van der Waals surface area contributed by atoms with Crippen molar-refractivity contribution in [2.75, 3.05) is 32.8 Å². The Morgan fingerprint density at radius 2 is 1.73 bits per heavy atom. The Kier molecular flexibility index (Phi) is 7.34. The number of ether oxygens (including phenoxy) is 1. The van der Waals surface area contributed by atoms with Crippen LogP contribution in [0.15, 0.2) is 42.5 Å². The van der Waals surface area contributed by atoms with E-state index in [1.165, 1.54) is 11.6 Å². The quantitative estimate of drug-likeness (QED) is 0.721. The van der Waals surface area contributed by atoms with Gasteiger partial charge in [0.05, 0.1) is 0 Å². The van der Waals surface area contributed by atoms with Crippen LogP contribution in [0.5, 0.6) is 5.75 Å². The summed E-state index contributed by atoms with van der Waals surface area (Å²) in [7, 11) is 0. The second-order valence-corrected chi connectivity index (χ2v) is 8.19. The summed E-state index contributed by atoms with van der Waals surface area (Å²) in [5.74, 6) is -0.813. The van der Waals surface area contributed by atoms with E-state index in [1.54, 1.807) is 11.0 Å². The van der Waals surface area contributed by atoms with Gasteiger partial charge in [-0.1, -0.05) is 49.7 Å². The molecule has 1 aliphatic rings. The number of piperazine rings is 1. The largest absolute Gasteiger partial charge is 0.483 e. The number of para-hydroxylation sites is 1. The summed E-state index contributed by atoms with van der Waals surface area (Å²) in [6.07, 6.45) is 0. The Bertz CT molecular complexity index is 891. The van der Waals surface area contributed by atoms with Crippen LogP contribution in [0.25, 0.3) is 0 Å². The van der Waals surface area contributed by atoms with Gasteiger partial charge in [0.1, 0.15) is 11.3 Å². The Morgan fingerprint density at radius 3 is 2.33 bits per heavy atom. The third kappa shape index (κ3) is 5.52. The predicted molar refractivity (Wildman–Crippen MR) is 116 cm³/mol. The SMILES string of the molecule is CC(C)c1cccc(C(=O)O)c1OCC(=O)N1CCN(Cc2ccc(Cl)cc2)CC1. The minimum absolute atomic E-state index is 0.0850. The molecule has 30 heavy (non-hydrogen) atoms.